The van der Waals surface area contributed by atoms with Crippen LogP contribution in [0, 0.1) is 6.92 Å². The molecule has 1 aromatic carbocycles. The van der Waals surface area contributed by atoms with Crippen molar-refractivity contribution in [1.29, 1.82) is 0 Å². The molecule has 2 aromatic heterocycles. The van der Waals surface area contributed by atoms with E-state index in [1.807, 2.05) is 42.7 Å². The first-order valence-electron chi connectivity index (χ1n) is 6.77. The standard InChI is InChI=1S/C15H17N3O2/c1-3-20-9-8-17-12-6-4-5-7-13(12)18-14(19)10-11(2)16-15(17)18/h4-7,10H,3,8-9H2,1-2H3. The molecule has 0 saturated carbocycles. The number of hydrogen-bond donors (Lipinski definition) is 0. The van der Waals surface area contributed by atoms with Crippen LogP contribution in [-0.2, 0) is 11.3 Å². The molecule has 3 aromatic rings. The average molecular weight is 271 g/mol. The van der Waals surface area contributed by atoms with Gasteiger partial charge in [0.15, 0.2) is 0 Å². The molecular weight excluding hydrogens is 254 g/mol. The summed E-state index contributed by atoms with van der Waals surface area (Å²) in [4.78, 5) is 16.8. The largest absolute Gasteiger partial charge is 0.380 e. The molecule has 0 aliphatic rings. The molecule has 0 amide bonds. The van der Waals surface area contributed by atoms with Gasteiger partial charge in [-0.1, -0.05) is 12.1 Å². The highest BCUT2D eigenvalue weighted by Crippen LogP contribution is 2.18. The Morgan fingerprint density at radius 1 is 1.25 bits per heavy atom. The number of nitrogens with zero attached hydrogens (tertiary/aromatic N) is 3. The highest BCUT2D eigenvalue weighted by Gasteiger charge is 2.12. The first-order chi connectivity index (χ1) is 9.72. The second-order valence-corrected chi connectivity index (χ2v) is 4.71. The lowest BCUT2D eigenvalue weighted by Crippen LogP contribution is -2.15. The van der Waals surface area contributed by atoms with Gasteiger partial charge in [-0.15, -0.1) is 0 Å². The van der Waals surface area contributed by atoms with Crippen molar-refractivity contribution in [2.24, 2.45) is 0 Å². The molecule has 0 spiro atoms. The molecule has 0 saturated heterocycles. The summed E-state index contributed by atoms with van der Waals surface area (Å²) in [6.45, 7) is 5.78. The van der Waals surface area contributed by atoms with Crippen molar-refractivity contribution < 1.29 is 4.74 Å². The highest BCUT2D eigenvalue weighted by atomic mass is 16.5. The molecule has 0 bridgehead atoms. The number of imidazole rings is 1. The van der Waals surface area contributed by atoms with Gasteiger partial charge in [-0.25, -0.2) is 9.38 Å². The topological polar surface area (TPSA) is 48.5 Å². The van der Waals surface area contributed by atoms with Crippen molar-refractivity contribution >= 4 is 16.8 Å². The third kappa shape index (κ3) is 2.00. The molecule has 0 radical (unpaired) electrons. The summed E-state index contributed by atoms with van der Waals surface area (Å²) in [5, 5.41) is 0. The molecule has 0 N–H and O–H groups in total. The molecule has 104 valence electrons. The van der Waals surface area contributed by atoms with Crippen LogP contribution in [0.15, 0.2) is 35.1 Å². The summed E-state index contributed by atoms with van der Waals surface area (Å²) >= 11 is 0. The van der Waals surface area contributed by atoms with E-state index >= 15 is 0 Å². The van der Waals surface area contributed by atoms with Crippen LogP contribution in [0.25, 0.3) is 16.8 Å². The minimum Gasteiger partial charge on any atom is -0.380 e. The molecular formula is C15H17N3O2. The van der Waals surface area contributed by atoms with Crippen molar-refractivity contribution in [3.05, 3.63) is 46.4 Å². The van der Waals surface area contributed by atoms with Gasteiger partial charge in [0.1, 0.15) is 0 Å². The van der Waals surface area contributed by atoms with Gasteiger partial charge in [-0.05, 0) is 26.0 Å². The predicted octanol–water partition coefficient (Wildman–Crippen LogP) is 1.99. The second-order valence-electron chi connectivity index (χ2n) is 4.71. The number of aromatic nitrogens is 3. The molecule has 0 atom stereocenters. The van der Waals surface area contributed by atoms with Crippen LogP contribution < -0.4 is 5.56 Å². The minimum absolute atomic E-state index is 0.0427. The Balaban J connectivity index is 2.31. The number of hydrogen-bond acceptors (Lipinski definition) is 3. The molecule has 0 aliphatic heterocycles. The number of benzene rings is 1. The van der Waals surface area contributed by atoms with Crippen molar-refractivity contribution in [2.45, 2.75) is 20.4 Å². The molecule has 5 heteroatoms. The Morgan fingerprint density at radius 3 is 2.75 bits per heavy atom. The summed E-state index contributed by atoms with van der Waals surface area (Å²) in [6.07, 6.45) is 0. The second kappa shape index (κ2) is 5.09. The summed E-state index contributed by atoms with van der Waals surface area (Å²) in [5.74, 6) is 0.677. The lowest BCUT2D eigenvalue weighted by atomic mass is 10.3. The SMILES string of the molecule is CCOCCn1c2ccccc2n2c(=O)cc(C)nc12. The quantitative estimate of drug-likeness (QED) is 0.682. The zero-order valence-corrected chi connectivity index (χ0v) is 11.7. The molecule has 3 rings (SSSR count). The number of ether oxygens (including phenoxy) is 1. The molecule has 5 nitrogen and oxygen atoms in total. The Labute approximate surface area is 116 Å². The molecule has 0 aliphatic carbocycles. The summed E-state index contributed by atoms with van der Waals surface area (Å²) < 4.78 is 9.13. The van der Waals surface area contributed by atoms with Gasteiger partial charge in [0.05, 0.1) is 17.6 Å². The van der Waals surface area contributed by atoms with Gasteiger partial charge in [0.25, 0.3) is 5.56 Å². The zero-order valence-electron chi connectivity index (χ0n) is 11.7. The van der Waals surface area contributed by atoms with Crippen molar-refractivity contribution in [3.63, 3.8) is 0 Å². The fourth-order valence-electron chi connectivity index (χ4n) is 2.50. The van der Waals surface area contributed by atoms with Crippen LogP contribution >= 0.6 is 0 Å². The van der Waals surface area contributed by atoms with Crippen LogP contribution in [0.3, 0.4) is 0 Å². The monoisotopic (exact) mass is 271 g/mol. The third-order valence-corrected chi connectivity index (χ3v) is 3.35. The van der Waals surface area contributed by atoms with E-state index in [1.165, 1.54) is 0 Å². The summed E-state index contributed by atoms with van der Waals surface area (Å²) in [5.41, 5.74) is 2.58. The number of para-hydroxylation sites is 2. The zero-order chi connectivity index (χ0) is 14.1. The predicted molar refractivity (Wildman–Crippen MR) is 78.2 cm³/mol. The van der Waals surface area contributed by atoms with E-state index in [0.29, 0.717) is 25.5 Å². The maximum atomic E-state index is 12.2. The van der Waals surface area contributed by atoms with Crippen LogP contribution in [-0.4, -0.2) is 27.2 Å². The Bertz CT molecular complexity index is 817. The Kier molecular flexibility index (Phi) is 3.28. The number of aryl methyl sites for hydroxylation is 1. The molecule has 0 unspecified atom stereocenters. The fourth-order valence-corrected chi connectivity index (χ4v) is 2.50. The lowest BCUT2D eigenvalue weighted by molar-refractivity contribution is 0.140. The molecule has 20 heavy (non-hydrogen) atoms. The normalized spacial score (nSPS) is 11.5. The molecule has 2 heterocycles. The number of fused-ring (bicyclic) bond motifs is 3. The highest BCUT2D eigenvalue weighted by molar-refractivity contribution is 5.80. The van der Waals surface area contributed by atoms with Crippen molar-refractivity contribution in [3.8, 4) is 0 Å². The van der Waals surface area contributed by atoms with Crippen LogP contribution in [0.2, 0.25) is 0 Å². The van der Waals surface area contributed by atoms with Crippen LogP contribution in [0.4, 0.5) is 0 Å². The van der Waals surface area contributed by atoms with Gasteiger partial charge in [0.2, 0.25) is 5.78 Å². The van der Waals surface area contributed by atoms with Gasteiger partial charge < -0.3 is 9.30 Å². The van der Waals surface area contributed by atoms with Gasteiger partial charge in [-0.2, -0.15) is 0 Å². The Morgan fingerprint density at radius 2 is 2.00 bits per heavy atom. The maximum absolute atomic E-state index is 12.2. The van der Waals surface area contributed by atoms with E-state index in [0.717, 1.165) is 16.7 Å². The van der Waals surface area contributed by atoms with Gasteiger partial charge in [-0.3, -0.25) is 4.79 Å². The average Bonchev–Trinajstić information content (AvgIpc) is 2.73. The summed E-state index contributed by atoms with van der Waals surface area (Å²) in [7, 11) is 0. The van der Waals surface area contributed by atoms with E-state index in [-0.39, 0.29) is 5.56 Å². The van der Waals surface area contributed by atoms with Crippen molar-refractivity contribution in [1.82, 2.24) is 14.0 Å². The van der Waals surface area contributed by atoms with Crippen LogP contribution in [0.1, 0.15) is 12.6 Å². The fraction of sp³-hybridized carbons (Fsp3) is 0.333. The van der Waals surface area contributed by atoms with E-state index in [4.69, 9.17) is 4.74 Å². The lowest BCUT2D eigenvalue weighted by Gasteiger charge is -2.06. The van der Waals surface area contributed by atoms with Gasteiger partial charge in [0, 0.05) is 24.9 Å². The van der Waals surface area contributed by atoms with Gasteiger partial charge >= 0.3 is 0 Å². The smallest absolute Gasteiger partial charge is 0.259 e. The van der Waals surface area contributed by atoms with E-state index in [2.05, 4.69) is 4.98 Å². The van der Waals surface area contributed by atoms with Crippen LogP contribution in [0.5, 0.6) is 0 Å². The Hall–Kier alpha value is -2.14. The minimum atomic E-state index is -0.0427. The van der Waals surface area contributed by atoms with E-state index < -0.39 is 0 Å². The maximum Gasteiger partial charge on any atom is 0.259 e. The van der Waals surface area contributed by atoms with Crippen molar-refractivity contribution in [2.75, 3.05) is 13.2 Å². The number of rotatable bonds is 4. The van der Waals surface area contributed by atoms with E-state index in [9.17, 15) is 4.79 Å². The first-order valence-corrected chi connectivity index (χ1v) is 6.77. The summed E-state index contributed by atoms with van der Waals surface area (Å²) in [6, 6.07) is 9.41. The van der Waals surface area contributed by atoms with E-state index in [1.54, 1.807) is 10.5 Å². The first kappa shape index (κ1) is 12.9. The molecule has 0 fully saturated rings. The third-order valence-electron chi connectivity index (χ3n) is 3.35.